The van der Waals surface area contributed by atoms with E-state index in [1.54, 1.807) is 0 Å². The van der Waals surface area contributed by atoms with E-state index in [-0.39, 0.29) is 5.92 Å². The van der Waals surface area contributed by atoms with Crippen LogP contribution in [0.1, 0.15) is 87.8 Å². The topological polar surface area (TPSA) is 41.4 Å². The molecule has 204 valence electrons. The normalized spacial score (nSPS) is 21.8. The van der Waals surface area contributed by atoms with Crippen LogP contribution in [0, 0.1) is 5.92 Å². The average molecular weight is 515 g/mol. The van der Waals surface area contributed by atoms with Crippen molar-refractivity contribution < 1.29 is 4.79 Å². The third kappa shape index (κ3) is 5.27. The van der Waals surface area contributed by atoms with Crippen LogP contribution in [0.5, 0.6) is 0 Å². The molecule has 1 amide bonds. The maximum absolute atomic E-state index is 14.0. The molecule has 5 rings (SSSR count). The molecule has 0 saturated carbocycles. The Morgan fingerprint density at radius 1 is 1.08 bits per heavy atom. The fraction of sp³-hybridized carbons (Fsp3) is 0.576. The van der Waals surface area contributed by atoms with Crippen molar-refractivity contribution in [1.29, 1.82) is 0 Å². The first kappa shape index (κ1) is 26.9. The Balaban J connectivity index is 1.41. The lowest BCUT2D eigenvalue weighted by atomic mass is 9.72. The number of likely N-dealkylation sites (tertiary alicyclic amines) is 1. The number of rotatable bonds is 11. The standard InChI is InChI=1S/C33H46N4O/c1-5-8-17-36-22-26-20-31-29(28-11-10-12-30(36)32(26)28)19-27(23-37(31)18-9-6-2)33(38)35(4)21-24(7-3)25-13-15-34-16-14-25/h10-16,22,24,27,29,31H,5-9,17-21,23H2,1-4H3/t24?,27?,29-,31-/m1/s1. The molecule has 2 aliphatic rings. The number of carbonyl (C=O) groups excluding carboxylic acids is 1. The number of amides is 1. The van der Waals surface area contributed by atoms with Gasteiger partial charge in [0.05, 0.1) is 5.92 Å². The molecule has 38 heavy (non-hydrogen) atoms. The summed E-state index contributed by atoms with van der Waals surface area (Å²) in [4.78, 5) is 22.9. The first-order chi connectivity index (χ1) is 18.5. The molecule has 0 N–H and O–H groups in total. The molecule has 1 aliphatic carbocycles. The molecule has 0 spiro atoms. The van der Waals surface area contributed by atoms with Gasteiger partial charge < -0.3 is 9.47 Å². The van der Waals surface area contributed by atoms with Crippen molar-refractivity contribution in [1.82, 2.24) is 19.4 Å². The van der Waals surface area contributed by atoms with Gasteiger partial charge in [-0.25, -0.2) is 0 Å². The lowest BCUT2D eigenvalue weighted by molar-refractivity contribution is -0.137. The van der Waals surface area contributed by atoms with Crippen molar-refractivity contribution in [3.05, 3.63) is 65.6 Å². The summed E-state index contributed by atoms with van der Waals surface area (Å²) < 4.78 is 2.49. The van der Waals surface area contributed by atoms with E-state index in [1.807, 2.05) is 24.3 Å². The Morgan fingerprint density at radius 2 is 1.84 bits per heavy atom. The molecular weight excluding hydrogens is 468 g/mol. The van der Waals surface area contributed by atoms with Gasteiger partial charge in [-0.2, -0.15) is 0 Å². The fourth-order valence-corrected chi connectivity index (χ4v) is 7.12. The monoisotopic (exact) mass is 514 g/mol. The summed E-state index contributed by atoms with van der Waals surface area (Å²) in [5, 5.41) is 1.48. The molecule has 3 heterocycles. The molecular formula is C33H46N4O. The number of carbonyl (C=O) groups is 1. The van der Waals surface area contributed by atoms with Crippen molar-refractivity contribution in [2.45, 2.75) is 90.1 Å². The van der Waals surface area contributed by atoms with Gasteiger partial charge in [0.2, 0.25) is 5.91 Å². The van der Waals surface area contributed by atoms with Crippen molar-refractivity contribution >= 4 is 16.8 Å². The van der Waals surface area contributed by atoms with Gasteiger partial charge in [-0.1, -0.05) is 45.7 Å². The minimum atomic E-state index is 0.0482. The van der Waals surface area contributed by atoms with E-state index in [0.29, 0.717) is 23.8 Å². The molecule has 4 atom stereocenters. The zero-order valence-electron chi connectivity index (χ0n) is 23.9. The number of aryl methyl sites for hydroxylation is 1. The summed E-state index contributed by atoms with van der Waals surface area (Å²) >= 11 is 0. The van der Waals surface area contributed by atoms with Crippen LogP contribution < -0.4 is 0 Å². The summed E-state index contributed by atoms with van der Waals surface area (Å²) in [6, 6.07) is 11.6. The summed E-state index contributed by atoms with van der Waals surface area (Å²) in [5.74, 6) is 1.12. The quantitative estimate of drug-likeness (QED) is 0.289. The number of piperidine rings is 1. The second-order valence-electron chi connectivity index (χ2n) is 11.7. The van der Waals surface area contributed by atoms with E-state index in [2.05, 4.69) is 71.8 Å². The first-order valence-electron chi connectivity index (χ1n) is 15.0. The van der Waals surface area contributed by atoms with E-state index in [4.69, 9.17) is 0 Å². The van der Waals surface area contributed by atoms with Crippen molar-refractivity contribution in [3.63, 3.8) is 0 Å². The molecule has 1 aromatic carbocycles. The van der Waals surface area contributed by atoms with Crippen LogP contribution >= 0.6 is 0 Å². The Labute approximate surface area is 229 Å². The molecule has 0 bridgehead atoms. The summed E-state index contributed by atoms with van der Waals surface area (Å²) in [7, 11) is 2.02. The Morgan fingerprint density at radius 3 is 2.58 bits per heavy atom. The molecule has 1 fully saturated rings. The number of unbranched alkanes of at least 4 members (excludes halogenated alkanes) is 2. The third-order valence-electron chi connectivity index (χ3n) is 9.21. The van der Waals surface area contributed by atoms with Crippen LogP contribution in [0.25, 0.3) is 10.9 Å². The number of hydrogen-bond acceptors (Lipinski definition) is 3. The molecule has 0 radical (unpaired) electrons. The minimum Gasteiger partial charge on any atom is -0.347 e. The van der Waals surface area contributed by atoms with Crippen LogP contribution in [-0.4, -0.2) is 58.0 Å². The zero-order valence-corrected chi connectivity index (χ0v) is 23.9. The number of hydrogen-bond donors (Lipinski definition) is 0. The van der Waals surface area contributed by atoms with Gasteiger partial charge in [0.1, 0.15) is 0 Å². The molecule has 1 aliphatic heterocycles. The van der Waals surface area contributed by atoms with Crippen molar-refractivity contribution in [2.75, 3.05) is 26.7 Å². The maximum atomic E-state index is 14.0. The van der Waals surface area contributed by atoms with Crippen LogP contribution in [-0.2, 0) is 17.8 Å². The van der Waals surface area contributed by atoms with Crippen LogP contribution in [0.2, 0.25) is 0 Å². The van der Waals surface area contributed by atoms with E-state index >= 15 is 0 Å². The SMILES string of the molecule is CCCCN1CC(C(=O)N(C)CC(CC)c2ccncc2)C[C@@H]2c3cccc4c3c(cn4CCCC)C[C@H]21. The van der Waals surface area contributed by atoms with Crippen LogP contribution in [0.3, 0.4) is 0 Å². The minimum absolute atomic E-state index is 0.0482. The van der Waals surface area contributed by atoms with Gasteiger partial charge in [-0.3, -0.25) is 14.7 Å². The van der Waals surface area contributed by atoms with Crippen LogP contribution in [0.15, 0.2) is 48.9 Å². The summed E-state index contributed by atoms with van der Waals surface area (Å²) in [5.41, 5.74) is 5.65. The largest absolute Gasteiger partial charge is 0.347 e. The predicted octanol–water partition coefficient (Wildman–Crippen LogP) is 6.62. The average Bonchev–Trinajstić information content (AvgIpc) is 3.31. The van der Waals surface area contributed by atoms with Gasteiger partial charge in [0, 0.05) is 74.1 Å². The van der Waals surface area contributed by atoms with Gasteiger partial charge in [0.25, 0.3) is 0 Å². The lowest BCUT2D eigenvalue weighted by Crippen LogP contribution is -2.53. The van der Waals surface area contributed by atoms with Gasteiger partial charge >= 0.3 is 0 Å². The van der Waals surface area contributed by atoms with E-state index < -0.39 is 0 Å². The number of nitrogens with zero attached hydrogens (tertiary/aromatic N) is 4. The Hall–Kier alpha value is -2.66. The number of likely N-dealkylation sites (N-methyl/N-ethyl adjacent to an activating group) is 1. The highest BCUT2D eigenvalue weighted by Crippen LogP contribution is 2.46. The number of fused-ring (bicyclic) bond motifs is 2. The van der Waals surface area contributed by atoms with Crippen molar-refractivity contribution in [2.24, 2.45) is 5.92 Å². The first-order valence-corrected chi connectivity index (χ1v) is 15.0. The zero-order chi connectivity index (χ0) is 26.6. The van der Waals surface area contributed by atoms with E-state index in [9.17, 15) is 4.79 Å². The maximum Gasteiger partial charge on any atom is 0.226 e. The second-order valence-corrected chi connectivity index (χ2v) is 11.7. The number of pyridine rings is 1. The molecule has 3 aromatic rings. The van der Waals surface area contributed by atoms with Gasteiger partial charge in [0.15, 0.2) is 0 Å². The highest BCUT2D eigenvalue weighted by molar-refractivity contribution is 5.89. The van der Waals surface area contributed by atoms with Gasteiger partial charge in [-0.15, -0.1) is 0 Å². The number of benzene rings is 1. The van der Waals surface area contributed by atoms with E-state index in [0.717, 1.165) is 45.4 Å². The van der Waals surface area contributed by atoms with Crippen molar-refractivity contribution in [3.8, 4) is 0 Å². The van der Waals surface area contributed by atoms with Gasteiger partial charge in [-0.05, 0) is 73.5 Å². The van der Waals surface area contributed by atoms with E-state index in [1.165, 1.54) is 53.3 Å². The highest BCUT2D eigenvalue weighted by Gasteiger charge is 2.43. The van der Waals surface area contributed by atoms with Crippen LogP contribution in [0.4, 0.5) is 0 Å². The molecule has 2 unspecified atom stereocenters. The third-order valence-corrected chi connectivity index (χ3v) is 9.21. The predicted molar refractivity (Wildman–Crippen MR) is 157 cm³/mol. The highest BCUT2D eigenvalue weighted by atomic mass is 16.2. The smallest absolute Gasteiger partial charge is 0.226 e. The molecule has 5 nitrogen and oxygen atoms in total. The molecule has 5 heteroatoms. The summed E-state index contributed by atoms with van der Waals surface area (Å²) in [6.45, 7) is 10.6. The Kier molecular flexibility index (Phi) is 8.52. The summed E-state index contributed by atoms with van der Waals surface area (Å²) in [6.07, 6.45) is 14.0. The number of aromatic nitrogens is 2. The molecule has 2 aromatic heterocycles. The Bertz CT molecular complexity index is 1220. The molecule has 1 saturated heterocycles. The second kappa shape index (κ2) is 12.0. The lowest BCUT2D eigenvalue weighted by Gasteiger charge is -2.47. The fourth-order valence-electron chi connectivity index (χ4n) is 7.12.